The molecule has 132 valence electrons. The van der Waals surface area contributed by atoms with E-state index in [0.29, 0.717) is 16.3 Å². The summed E-state index contributed by atoms with van der Waals surface area (Å²) in [4.78, 5) is 24.8. The highest BCUT2D eigenvalue weighted by Crippen LogP contribution is 2.26. The van der Waals surface area contributed by atoms with E-state index in [9.17, 15) is 9.59 Å². The first kappa shape index (κ1) is 18.8. The van der Waals surface area contributed by atoms with E-state index in [1.54, 1.807) is 18.2 Å². The molecule has 0 unspecified atom stereocenters. The number of halogens is 1. The molecule has 0 spiro atoms. The van der Waals surface area contributed by atoms with Crippen LogP contribution in [0.25, 0.3) is 0 Å². The Morgan fingerprint density at radius 1 is 1.21 bits per heavy atom. The third-order valence-electron chi connectivity index (χ3n) is 4.91. The van der Waals surface area contributed by atoms with Gasteiger partial charge in [-0.3, -0.25) is 9.59 Å². The van der Waals surface area contributed by atoms with E-state index in [1.165, 1.54) is 6.42 Å². The molecule has 0 saturated heterocycles. The van der Waals surface area contributed by atoms with Crippen LogP contribution in [0.2, 0.25) is 5.02 Å². The van der Waals surface area contributed by atoms with E-state index in [-0.39, 0.29) is 17.9 Å². The van der Waals surface area contributed by atoms with Gasteiger partial charge in [-0.2, -0.15) is 0 Å². The van der Waals surface area contributed by atoms with Gasteiger partial charge in [0.2, 0.25) is 5.91 Å². The Morgan fingerprint density at radius 2 is 1.88 bits per heavy atom. The molecule has 0 aromatic heterocycles. The van der Waals surface area contributed by atoms with E-state index < -0.39 is 5.41 Å². The summed E-state index contributed by atoms with van der Waals surface area (Å²) < 4.78 is 0. The smallest absolute Gasteiger partial charge is 0.253 e. The van der Waals surface area contributed by atoms with Gasteiger partial charge in [-0.1, -0.05) is 51.6 Å². The van der Waals surface area contributed by atoms with Crippen LogP contribution < -0.4 is 10.6 Å². The molecule has 24 heavy (non-hydrogen) atoms. The Bertz CT molecular complexity index is 607. The van der Waals surface area contributed by atoms with Gasteiger partial charge in [0.05, 0.1) is 10.6 Å². The molecule has 0 radical (unpaired) electrons. The summed E-state index contributed by atoms with van der Waals surface area (Å²) >= 11 is 6.19. The third kappa shape index (κ3) is 4.73. The van der Waals surface area contributed by atoms with Crippen LogP contribution in [-0.4, -0.2) is 17.9 Å². The number of rotatable bonds is 5. The Hall–Kier alpha value is -1.55. The van der Waals surface area contributed by atoms with Crippen molar-refractivity contribution >= 4 is 29.1 Å². The Kier molecular flexibility index (Phi) is 6.27. The SMILES string of the molecule is CCC(C)(C)C(=O)Nc1ccc(Cl)c(C(=O)NC2CCCCC2)c1. The van der Waals surface area contributed by atoms with E-state index in [1.807, 2.05) is 20.8 Å². The summed E-state index contributed by atoms with van der Waals surface area (Å²) in [7, 11) is 0. The number of benzene rings is 1. The topological polar surface area (TPSA) is 58.2 Å². The molecule has 0 atom stereocenters. The lowest BCUT2D eigenvalue weighted by molar-refractivity contribution is -0.124. The molecule has 0 bridgehead atoms. The van der Waals surface area contributed by atoms with Crippen LogP contribution in [0, 0.1) is 5.41 Å². The zero-order valence-corrected chi connectivity index (χ0v) is 15.5. The zero-order chi connectivity index (χ0) is 17.7. The normalized spacial score (nSPS) is 15.8. The Labute approximate surface area is 149 Å². The van der Waals surface area contributed by atoms with Crippen LogP contribution in [0.1, 0.15) is 69.7 Å². The fourth-order valence-corrected chi connectivity index (χ4v) is 2.95. The fraction of sp³-hybridized carbons (Fsp3) is 0.579. The first-order chi connectivity index (χ1) is 11.3. The second kappa shape index (κ2) is 8.02. The fourth-order valence-electron chi connectivity index (χ4n) is 2.75. The number of carbonyl (C=O) groups is 2. The molecule has 1 fully saturated rings. The lowest BCUT2D eigenvalue weighted by atomic mass is 9.89. The monoisotopic (exact) mass is 350 g/mol. The molecule has 4 nitrogen and oxygen atoms in total. The molecule has 2 amide bonds. The highest BCUT2D eigenvalue weighted by molar-refractivity contribution is 6.34. The van der Waals surface area contributed by atoms with Gasteiger partial charge in [0, 0.05) is 17.1 Å². The van der Waals surface area contributed by atoms with Crippen LogP contribution in [0.15, 0.2) is 18.2 Å². The van der Waals surface area contributed by atoms with Crippen LogP contribution >= 0.6 is 11.6 Å². The van der Waals surface area contributed by atoms with Crippen LogP contribution in [-0.2, 0) is 4.79 Å². The van der Waals surface area contributed by atoms with Gasteiger partial charge in [-0.05, 0) is 37.5 Å². The first-order valence-corrected chi connectivity index (χ1v) is 9.13. The third-order valence-corrected chi connectivity index (χ3v) is 5.24. The van der Waals surface area contributed by atoms with Crippen molar-refractivity contribution in [1.29, 1.82) is 0 Å². The summed E-state index contributed by atoms with van der Waals surface area (Å²) in [5.41, 5.74) is 0.554. The maximum Gasteiger partial charge on any atom is 0.253 e. The molecule has 1 aromatic carbocycles. The maximum absolute atomic E-state index is 12.5. The minimum atomic E-state index is -0.454. The van der Waals surface area contributed by atoms with Gasteiger partial charge in [0.15, 0.2) is 0 Å². The average Bonchev–Trinajstić information content (AvgIpc) is 2.57. The Balaban J connectivity index is 2.10. The predicted octanol–water partition coefficient (Wildman–Crippen LogP) is 4.78. The van der Waals surface area contributed by atoms with Crippen molar-refractivity contribution in [2.75, 3.05) is 5.32 Å². The van der Waals surface area contributed by atoms with Gasteiger partial charge in [0.1, 0.15) is 0 Å². The highest BCUT2D eigenvalue weighted by atomic mass is 35.5. The molecule has 5 heteroatoms. The van der Waals surface area contributed by atoms with E-state index in [2.05, 4.69) is 10.6 Å². The van der Waals surface area contributed by atoms with Crippen molar-refractivity contribution in [3.05, 3.63) is 28.8 Å². The Morgan fingerprint density at radius 3 is 2.50 bits per heavy atom. The first-order valence-electron chi connectivity index (χ1n) is 8.75. The molecule has 1 saturated carbocycles. The second-order valence-corrected chi connectivity index (χ2v) is 7.60. The maximum atomic E-state index is 12.5. The van der Waals surface area contributed by atoms with E-state index in [0.717, 1.165) is 32.1 Å². The van der Waals surface area contributed by atoms with Gasteiger partial charge in [0.25, 0.3) is 5.91 Å². The van der Waals surface area contributed by atoms with Gasteiger partial charge in [-0.15, -0.1) is 0 Å². The van der Waals surface area contributed by atoms with Crippen molar-refractivity contribution in [2.24, 2.45) is 5.41 Å². The molecule has 2 N–H and O–H groups in total. The summed E-state index contributed by atoms with van der Waals surface area (Å²) in [6, 6.07) is 5.26. The van der Waals surface area contributed by atoms with E-state index in [4.69, 9.17) is 11.6 Å². The molecule has 1 aliphatic rings. The number of carbonyl (C=O) groups excluding carboxylic acids is 2. The summed E-state index contributed by atoms with van der Waals surface area (Å²) in [5, 5.41) is 6.34. The molecule has 1 aliphatic carbocycles. The van der Waals surface area contributed by atoms with Gasteiger partial charge in [-0.25, -0.2) is 0 Å². The van der Waals surface area contributed by atoms with Crippen molar-refractivity contribution in [3.63, 3.8) is 0 Å². The molecule has 0 heterocycles. The molecule has 1 aromatic rings. The number of hydrogen-bond acceptors (Lipinski definition) is 2. The molecular weight excluding hydrogens is 324 g/mol. The standard InChI is InChI=1S/C19H27ClN2O2/c1-4-19(2,3)18(24)22-14-10-11-16(20)15(12-14)17(23)21-13-8-6-5-7-9-13/h10-13H,4-9H2,1-3H3,(H,21,23)(H,22,24). The molecule has 2 rings (SSSR count). The largest absolute Gasteiger partial charge is 0.349 e. The lowest BCUT2D eigenvalue weighted by Gasteiger charge is -2.23. The summed E-state index contributed by atoms with van der Waals surface area (Å²) in [6.07, 6.45) is 6.32. The minimum Gasteiger partial charge on any atom is -0.349 e. The number of hydrogen-bond donors (Lipinski definition) is 2. The van der Waals surface area contributed by atoms with Crippen LogP contribution in [0.3, 0.4) is 0 Å². The van der Waals surface area contributed by atoms with Crippen molar-refractivity contribution in [2.45, 2.75) is 65.3 Å². The lowest BCUT2D eigenvalue weighted by Crippen LogP contribution is -2.36. The number of nitrogens with one attached hydrogen (secondary N) is 2. The molecule has 0 aliphatic heterocycles. The second-order valence-electron chi connectivity index (χ2n) is 7.19. The predicted molar refractivity (Wildman–Crippen MR) is 98.5 cm³/mol. The minimum absolute atomic E-state index is 0.0639. The van der Waals surface area contributed by atoms with Crippen LogP contribution in [0.5, 0.6) is 0 Å². The quantitative estimate of drug-likeness (QED) is 0.803. The van der Waals surface area contributed by atoms with Crippen LogP contribution in [0.4, 0.5) is 5.69 Å². The van der Waals surface area contributed by atoms with E-state index >= 15 is 0 Å². The molecular formula is C19H27ClN2O2. The summed E-state index contributed by atoms with van der Waals surface area (Å²) in [6.45, 7) is 5.77. The van der Waals surface area contributed by atoms with Crippen molar-refractivity contribution in [1.82, 2.24) is 5.32 Å². The van der Waals surface area contributed by atoms with Crippen molar-refractivity contribution in [3.8, 4) is 0 Å². The zero-order valence-electron chi connectivity index (χ0n) is 14.7. The van der Waals surface area contributed by atoms with Gasteiger partial charge >= 0.3 is 0 Å². The highest BCUT2D eigenvalue weighted by Gasteiger charge is 2.26. The number of amides is 2. The average molecular weight is 351 g/mol. The number of anilines is 1. The van der Waals surface area contributed by atoms with Gasteiger partial charge < -0.3 is 10.6 Å². The van der Waals surface area contributed by atoms with Crippen molar-refractivity contribution < 1.29 is 9.59 Å². The summed E-state index contributed by atoms with van der Waals surface area (Å²) in [5.74, 6) is -0.233.